The molecule has 1 unspecified atom stereocenters. The number of hydrogen-bond acceptors (Lipinski definition) is 3. The van der Waals surface area contributed by atoms with Gasteiger partial charge in [-0.3, -0.25) is 4.79 Å². The Morgan fingerprint density at radius 3 is 2.72 bits per heavy atom. The molecule has 1 aromatic carbocycles. The zero-order valence-corrected chi connectivity index (χ0v) is 11.2. The molecule has 0 spiro atoms. The molecule has 1 rings (SSSR count). The highest BCUT2D eigenvalue weighted by atomic mass is 79.9. The normalized spacial score (nSPS) is 11.9. The molecule has 18 heavy (non-hydrogen) atoms. The number of halogens is 1. The van der Waals surface area contributed by atoms with Crippen LogP contribution in [0.1, 0.15) is 12.0 Å². The van der Waals surface area contributed by atoms with E-state index in [2.05, 4.69) is 21.2 Å². The molecular weight excluding hydrogens is 302 g/mol. The highest BCUT2D eigenvalue weighted by Gasteiger charge is 2.13. The minimum atomic E-state index is -1.56. The van der Waals surface area contributed by atoms with Crippen LogP contribution in [0.3, 0.4) is 0 Å². The van der Waals surface area contributed by atoms with Gasteiger partial charge in [0.05, 0.1) is 6.54 Å². The summed E-state index contributed by atoms with van der Waals surface area (Å²) in [5, 5.41) is 19.8. The van der Waals surface area contributed by atoms with Gasteiger partial charge in [-0.15, -0.1) is 0 Å². The zero-order valence-electron chi connectivity index (χ0n) is 9.60. The van der Waals surface area contributed by atoms with E-state index in [1.54, 1.807) is 0 Å². The van der Waals surface area contributed by atoms with Gasteiger partial charge in [0.25, 0.3) is 0 Å². The Hall–Kier alpha value is -1.40. The molecule has 6 heteroatoms. The van der Waals surface area contributed by atoms with Crippen molar-refractivity contribution in [1.82, 2.24) is 5.32 Å². The van der Waals surface area contributed by atoms with Crippen LogP contribution in [0.5, 0.6) is 0 Å². The molecule has 0 aliphatic heterocycles. The number of aryl methyl sites for hydroxylation is 1. The Morgan fingerprint density at radius 1 is 1.39 bits per heavy atom. The Balaban J connectivity index is 2.31. The van der Waals surface area contributed by atoms with E-state index < -0.39 is 12.1 Å². The summed E-state index contributed by atoms with van der Waals surface area (Å²) < 4.78 is 0.946. The monoisotopic (exact) mass is 315 g/mol. The van der Waals surface area contributed by atoms with Gasteiger partial charge < -0.3 is 15.5 Å². The first-order valence-corrected chi connectivity index (χ1v) is 6.20. The molecule has 5 nitrogen and oxygen atoms in total. The maximum atomic E-state index is 11.4. The van der Waals surface area contributed by atoms with Gasteiger partial charge in [0.15, 0.2) is 6.10 Å². The second-order valence-electron chi connectivity index (χ2n) is 3.79. The molecular formula is C12H14BrNO4. The Bertz CT molecular complexity index is 436. The Labute approximate surface area is 113 Å². The molecule has 98 valence electrons. The van der Waals surface area contributed by atoms with Crippen LogP contribution < -0.4 is 5.32 Å². The van der Waals surface area contributed by atoms with Crippen LogP contribution in [-0.2, 0) is 16.0 Å². The number of carbonyl (C=O) groups excluding carboxylic acids is 1. The van der Waals surface area contributed by atoms with Crippen molar-refractivity contribution in [3.8, 4) is 0 Å². The largest absolute Gasteiger partial charge is 0.479 e. The summed E-state index contributed by atoms with van der Waals surface area (Å²) in [4.78, 5) is 21.7. The van der Waals surface area contributed by atoms with E-state index in [1.807, 2.05) is 24.3 Å². The van der Waals surface area contributed by atoms with Crippen molar-refractivity contribution in [2.45, 2.75) is 18.9 Å². The van der Waals surface area contributed by atoms with Crippen molar-refractivity contribution in [3.05, 3.63) is 34.3 Å². The molecule has 1 amide bonds. The van der Waals surface area contributed by atoms with Gasteiger partial charge in [0.1, 0.15) is 0 Å². The number of hydrogen-bond donors (Lipinski definition) is 3. The van der Waals surface area contributed by atoms with Gasteiger partial charge in [0.2, 0.25) is 5.91 Å². The standard InChI is InChI=1S/C12H14BrNO4/c13-9-3-1-2-8(6-9)4-5-11(16)14-7-10(15)12(17)18/h1-3,6,10,15H,4-5,7H2,(H,14,16)(H,17,18). The molecule has 0 aromatic heterocycles. The van der Waals surface area contributed by atoms with E-state index in [0.29, 0.717) is 6.42 Å². The van der Waals surface area contributed by atoms with Crippen LogP contribution in [-0.4, -0.2) is 34.7 Å². The minimum absolute atomic E-state index is 0.253. The van der Waals surface area contributed by atoms with Crippen molar-refractivity contribution in [2.75, 3.05) is 6.54 Å². The summed E-state index contributed by atoms with van der Waals surface area (Å²) in [5.41, 5.74) is 1.01. The number of nitrogens with one attached hydrogen (secondary N) is 1. The molecule has 1 atom stereocenters. The number of carbonyl (C=O) groups is 2. The first-order chi connectivity index (χ1) is 8.49. The summed E-state index contributed by atoms with van der Waals surface area (Å²) in [6.07, 6.45) is -0.739. The van der Waals surface area contributed by atoms with Gasteiger partial charge in [-0.25, -0.2) is 4.79 Å². The number of carboxylic acids is 1. The van der Waals surface area contributed by atoms with E-state index in [4.69, 9.17) is 10.2 Å². The second kappa shape index (κ2) is 7.13. The van der Waals surface area contributed by atoms with Gasteiger partial charge in [-0.05, 0) is 24.1 Å². The second-order valence-corrected chi connectivity index (χ2v) is 4.70. The number of amides is 1. The molecule has 0 saturated carbocycles. The van der Waals surface area contributed by atoms with Crippen LogP contribution >= 0.6 is 15.9 Å². The highest BCUT2D eigenvalue weighted by molar-refractivity contribution is 9.10. The predicted octanol–water partition coefficient (Wildman–Crippen LogP) is 0.943. The quantitative estimate of drug-likeness (QED) is 0.729. The van der Waals surface area contributed by atoms with Crippen LogP contribution in [0, 0.1) is 0 Å². The third kappa shape index (κ3) is 5.29. The van der Waals surface area contributed by atoms with Gasteiger partial charge in [-0.1, -0.05) is 28.1 Å². The first-order valence-electron chi connectivity index (χ1n) is 5.41. The summed E-state index contributed by atoms with van der Waals surface area (Å²) in [6.45, 7) is -0.271. The van der Waals surface area contributed by atoms with Crippen LogP contribution in [0.4, 0.5) is 0 Å². The number of aliphatic hydroxyl groups excluding tert-OH is 1. The third-order valence-corrected chi connectivity index (χ3v) is 2.80. The van der Waals surface area contributed by atoms with Gasteiger partial charge in [0, 0.05) is 10.9 Å². The van der Waals surface area contributed by atoms with Crippen LogP contribution in [0.2, 0.25) is 0 Å². The average Bonchev–Trinajstić information content (AvgIpc) is 2.33. The molecule has 0 saturated heterocycles. The number of benzene rings is 1. The smallest absolute Gasteiger partial charge is 0.334 e. The number of aliphatic hydroxyl groups is 1. The van der Waals surface area contributed by atoms with E-state index in [1.165, 1.54) is 0 Å². The third-order valence-electron chi connectivity index (χ3n) is 2.31. The van der Waals surface area contributed by atoms with Crippen molar-refractivity contribution in [2.24, 2.45) is 0 Å². The Morgan fingerprint density at radius 2 is 2.11 bits per heavy atom. The van der Waals surface area contributed by atoms with Gasteiger partial charge >= 0.3 is 5.97 Å². The summed E-state index contributed by atoms with van der Waals surface area (Å²) in [6, 6.07) is 7.60. The van der Waals surface area contributed by atoms with Crippen molar-refractivity contribution < 1.29 is 19.8 Å². The van der Waals surface area contributed by atoms with Crippen molar-refractivity contribution in [3.63, 3.8) is 0 Å². The zero-order chi connectivity index (χ0) is 13.5. The molecule has 3 N–H and O–H groups in total. The fourth-order valence-corrected chi connectivity index (χ4v) is 1.78. The lowest BCUT2D eigenvalue weighted by molar-refractivity contribution is -0.146. The summed E-state index contributed by atoms with van der Waals surface area (Å²) in [5.74, 6) is -1.63. The lowest BCUT2D eigenvalue weighted by Gasteiger charge is -2.07. The van der Waals surface area contributed by atoms with Gasteiger partial charge in [-0.2, -0.15) is 0 Å². The molecule has 1 aromatic rings. The van der Waals surface area contributed by atoms with Crippen LogP contribution in [0.15, 0.2) is 28.7 Å². The molecule has 0 radical (unpaired) electrons. The maximum absolute atomic E-state index is 11.4. The van der Waals surface area contributed by atoms with E-state index >= 15 is 0 Å². The maximum Gasteiger partial charge on any atom is 0.334 e. The van der Waals surface area contributed by atoms with E-state index in [9.17, 15) is 9.59 Å². The molecule has 0 fully saturated rings. The molecule has 0 bridgehead atoms. The first kappa shape index (κ1) is 14.7. The fourth-order valence-electron chi connectivity index (χ4n) is 1.34. The minimum Gasteiger partial charge on any atom is -0.479 e. The SMILES string of the molecule is O=C(CCc1cccc(Br)c1)NCC(O)C(=O)O. The lowest BCUT2D eigenvalue weighted by atomic mass is 10.1. The summed E-state index contributed by atoms with van der Waals surface area (Å²) >= 11 is 3.34. The number of rotatable bonds is 6. The van der Waals surface area contributed by atoms with E-state index in [0.717, 1.165) is 10.0 Å². The molecule has 0 aliphatic rings. The van der Waals surface area contributed by atoms with E-state index in [-0.39, 0.29) is 18.9 Å². The molecule has 0 aliphatic carbocycles. The molecule has 0 heterocycles. The highest BCUT2D eigenvalue weighted by Crippen LogP contribution is 2.12. The topological polar surface area (TPSA) is 86.6 Å². The number of carboxylic acid groups (broad SMARTS) is 1. The average molecular weight is 316 g/mol. The lowest BCUT2D eigenvalue weighted by Crippen LogP contribution is -2.36. The summed E-state index contributed by atoms with van der Waals surface area (Å²) in [7, 11) is 0. The van der Waals surface area contributed by atoms with Crippen molar-refractivity contribution in [1.29, 1.82) is 0 Å². The fraction of sp³-hybridized carbons (Fsp3) is 0.333. The number of aliphatic carboxylic acids is 1. The van der Waals surface area contributed by atoms with Crippen LogP contribution in [0.25, 0.3) is 0 Å². The predicted molar refractivity (Wildman–Crippen MR) is 69.1 cm³/mol. The Kier molecular flexibility index (Phi) is 5.80. The van der Waals surface area contributed by atoms with Crippen molar-refractivity contribution >= 4 is 27.8 Å².